The molecule has 0 bridgehead atoms. The maximum Gasteiger partial charge on any atom is 0.142 e. The second kappa shape index (κ2) is 5.80. The van der Waals surface area contributed by atoms with Gasteiger partial charge in [-0.25, -0.2) is 4.39 Å². The van der Waals surface area contributed by atoms with Crippen molar-refractivity contribution in [2.75, 3.05) is 13.1 Å². The Hall–Kier alpha value is -0.640. The van der Waals surface area contributed by atoms with Gasteiger partial charge in [0, 0.05) is 19.1 Å². The quantitative estimate of drug-likeness (QED) is 0.901. The summed E-state index contributed by atoms with van der Waals surface area (Å²) >= 11 is 5.97. The smallest absolute Gasteiger partial charge is 0.142 e. The van der Waals surface area contributed by atoms with Crippen molar-refractivity contribution in [1.29, 1.82) is 0 Å². The predicted molar refractivity (Wildman–Crippen MR) is 68.5 cm³/mol. The van der Waals surface area contributed by atoms with Crippen LogP contribution >= 0.6 is 11.6 Å². The summed E-state index contributed by atoms with van der Waals surface area (Å²) in [5, 5.41) is 0.244. The van der Waals surface area contributed by atoms with Crippen LogP contribution in [-0.2, 0) is 6.54 Å². The fourth-order valence-corrected chi connectivity index (χ4v) is 2.61. The molecule has 1 saturated heterocycles. The van der Waals surface area contributed by atoms with Crippen LogP contribution in [0.5, 0.6) is 0 Å². The summed E-state index contributed by atoms with van der Waals surface area (Å²) in [4.78, 5) is 2.31. The van der Waals surface area contributed by atoms with E-state index in [1.165, 1.54) is 18.9 Å². The van der Waals surface area contributed by atoms with Crippen LogP contribution < -0.4 is 5.73 Å². The van der Waals surface area contributed by atoms with Gasteiger partial charge in [-0.3, -0.25) is 4.90 Å². The summed E-state index contributed by atoms with van der Waals surface area (Å²) in [6.45, 7) is 2.38. The van der Waals surface area contributed by atoms with Gasteiger partial charge in [0.15, 0.2) is 0 Å². The van der Waals surface area contributed by atoms with E-state index in [0.29, 0.717) is 19.1 Å². The van der Waals surface area contributed by atoms with Gasteiger partial charge in [0.05, 0.1) is 5.02 Å². The number of halogens is 2. The Morgan fingerprint density at radius 1 is 1.41 bits per heavy atom. The fraction of sp³-hybridized carbons (Fsp3) is 0.538. The summed E-state index contributed by atoms with van der Waals surface area (Å²) < 4.78 is 13.3. The molecule has 1 heterocycles. The minimum absolute atomic E-state index is 0.244. The highest BCUT2D eigenvalue weighted by Crippen LogP contribution is 2.24. The molecule has 1 aromatic carbocycles. The number of rotatable bonds is 3. The normalized spacial score (nSPS) is 21.7. The zero-order valence-electron chi connectivity index (χ0n) is 9.83. The van der Waals surface area contributed by atoms with Gasteiger partial charge >= 0.3 is 0 Å². The molecule has 4 heteroatoms. The van der Waals surface area contributed by atoms with Crippen molar-refractivity contribution < 1.29 is 4.39 Å². The minimum Gasteiger partial charge on any atom is -0.329 e. The van der Waals surface area contributed by atoms with Crippen molar-refractivity contribution in [1.82, 2.24) is 4.90 Å². The molecule has 0 aromatic heterocycles. The van der Waals surface area contributed by atoms with Gasteiger partial charge in [0.2, 0.25) is 0 Å². The Labute approximate surface area is 107 Å². The van der Waals surface area contributed by atoms with Crippen LogP contribution in [0.2, 0.25) is 5.02 Å². The van der Waals surface area contributed by atoms with E-state index >= 15 is 0 Å². The zero-order valence-corrected chi connectivity index (χ0v) is 10.6. The van der Waals surface area contributed by atoms with Crippen LogP contribution in [0.4, 0.5) is 4.39 Å². The molecule has 0 radical (unpaired) electrons. The third-order valence-corrected chi connectivity index (χ3v) is 3.85. The number of nitrogens with zero attached hydrogens (tertiary/aromatic N) is 1. The maximum atomic E-state index is 13.3. The molecule has 0 spiro atoms. The van der Waals surface area contributed by atoms with E-state index < -0.39 is 0 Å². The van der Waals surface area contributed by atoms with Gasteiger partial charge in [-0.15, -0.1) is 0 Å². The van der Waals surface area contributed by atoms with Gasteiger partial charge in [-0.05, 0) is 31.0 Å². The van der Waals surface area contributed by atoms with Gasteiger partial charge in [-0.2, -0.15) is 0 Å². The first-order valence-corrected chi connectivity index (χ1v) is 6.47. The van der Waals surface area contributed by atoms with Crippen molar-refractivity contribution in [2.45, 2.75) is 31.8 Å². The monoisotopic (exact) mass is 256 g/mol. The second-order valence-corrected chi connectivity index (χ2v) is 4.95. The van der Waals surface area contributed by atoms with Crippen LogP contribution in [-0.4, -0.2) is 24.0 Å². The number of hydrogen-bond acceptors (Lipinski definition) is 2. The number of benzene rings is 1. The van der Waals surface area contributed by atoms with Crippen molar-refractivity contribution in [3.05, 3.63) is 34.6 Å². The molecule has 94 valence electrons. The molecule has 2 nitrogen and oxygen atoms in total. The van der Waals surface area contributed by atoms with Crippen molar-refractivity contribution in [2.24, 2.45) is 5.73 Å². The first kappa shape index (κ1) is 12.8. The maximum absolute atomic E-state index is 13.3. The Morgan fingerprint density at radius 2 is 2.24 bits per heavy atom. The standard InChI is InChI=1S/C13H18ClFN2/c14-13-10(4-3-6-12(13)15)9-17-7-2-1-5-11(17)8-16/h3-4,6,11H,1-2,5,7-9,16H2. The molecule has 0 saturated carbocycles. The number of hydrogen-bond donors (Lipinski definition) is 1. The Balaban J connectivity index is 2.11. The van der Waals surface area contributed by atoms with Crippen LogP contribution in [0.3, 0.4) is 0 Å². The average Bonchev–Trinajstić information content (AvgIpc) is 2.35. The minimum atomic E-state index is -0.342. The number of nitrogens with two attached hydrogens (primary N) is 1. The van der Waals surface area contributed by atoms with Gasteiger partial charge < -0.3 is 5.73 Å². The summed E-state index contributed by atoms with van der Waals surface area (Å²) in [7, 11) is 0. The van der Waals surface area contributed by atoms with E-state index in [4.69, 9.17) is 17.3 Å². The topological polar surface area (TPSA) is 29.3 Å². The Bertz CT molecular complexity index is 384. The molecule has 0 aliphatic carbocycles. The first-order valence-electron chi connectivity index (χ1n) is 6.09. The molecule has 1 aliphatic rings. The van der Waals surface area contributed by atoms with Gasteiger partial charge in [0.1, 0.15) is 5.82 Å². The molecule has 1 fully saturated rings. The van der Waals surface area contributed by atoms with Crippen molar-refractivity contribution in [3.8, 4) is 0 Å². The number of likely N-dealkylation sites (tertiary alicyclic amines) is 1. The first-order chi connectivity index (χ1) is 8.22. The highest BCUT2D eigenvalue weighted by molar-refractivity contribution is 6.31. The molecule has 1 unspecified atom stereocenters. The predicted octanol–water partition coefficient (Wildman–Crippen LogP) is 2.79. The number of piperidine rings is 1. The van der Waals surface area contributed by atoms with E-state index in [2.05, 4.69) is 4.90 Å². The molecule has 1 aliphatic heterocycles. The average molecular weight is 257 g/mol. The summed E-state index contributed by atoms with van der Waals surface area (Å²) in [5.41, 5.74) is 6.62. The largest absolute Gasteiger partial charge is 0.329 e. The van der Waals surface area contributed by atoms with Gasteiger partial charge in [-0.1, -0.05) is 30.2 Å². The lowest BCUT2D eigenvalue weighted by Gasteiger charge is -2.35. The summed E-state index contributed by atoms with van der Waals surface area (Å²) in [6, 6.07) is 5.39. The highest BCUT2D eigenvalue weighted by Gasteiger charge is 2.22. The van der Waals surface area contributed by atoms with Crippen LogP contribution in [0.15, 0.2) is 18.2 Å². The molecule has 1 aromatic rings. The van der Waals surface area contributed by atoms with Crippen molar-refractivity contribution in [3.63, 3.8) is 0 Å². The molecule has 2 N–H and O–H groups in total. The lowest BCUT2D eigenvalue weighted by Crippen LogP contribution is -2.43. The molecular formula is C13H18ClFN2. The highest BCUT2D eigenvalue weighted by atomic mass is 35.5. The Morgan fingerprint density at radius 3 is 3.00 bits per heavy atom. The molecule has 1 atom stereocenters. The molecule has 17 heavy (non-hydrogen) atoms. The van der Waals surface area contributed by atoms with E-state index in [9.17, 15) is 4.39 Å². The molecule has 0 amide bonds. The summed E-state index contributed by atoms with van der Waals surface area (Å²) in [5.74, 6) is -0.342. The van der Waals surface area contributed by atoms with Crippen LogP contribution in [0.25, 0.3) is 0 Å². The van der Waals surface area contributed by atoms with Crippen molar-refractivity contribution >= 4 is 11.6 Å². The lowest BCUT2D eigenvalue weighted by atomic mass is 10.0. The second-order valence-electron chi connectivity index (χ2n) is 4.57. The lowest BCUT2D eigenvalue weighted by molar-refractivity contribution is 0.145. The third-order valence-electron chi connectivity index (χ3n) is 3.43. The van der Waals surface area contributed by atoms with E-state index in [1.54, 1.807) is 6.07 Å². The van der Waals surface area contributed by atoms with Crippen LogP contribution in [0, 0.1) is 5.82 Å². The fourth-order valence-electron chi connectivity index (χ4n) is 2.42. The Kier molecular flexibility index (Phi) is 4.37. The summed E-state index contributed by atoms with van der Waals surface area (Å²) in [6.07, 6.45) is 3.54. The van der Waals surface area contributed by atoms with Crippen LogP contribution in [0.1, 0.15) is 24.8 Å². The van der Waals surface area contributed by atoms with Gasteiger partial charge in [0.25, 0.3) is 0 Å². The SMILES string of the molecule is NCC1CCCCN1Cc1cccc(F)c1Cl. The third kappa shape index (κ3) is 2.97. The van der Waals surface area contributed by atoms with E-state index in [0.717, 1.165) is 18.5 Å². The van der Waals surface area contributed by atoms with E-state index in [1.807, 2.05) is 6.07 Å². The zero-order chi connectivity index (χ0) is 12.3. The molecular weight excluding hydrogens is 239 g/mol. The van der Waals surface area contributed by atoms with E-state index in [-0.39, 0.29) is 10.8 Å². The molecule has 2 rings (SSSR count).